The second-order valence-electron chi connectivity index (χ2n) is 3.25. The SMILES string of the molecule is C=C(CCC(C)CCO)C(=O)OC. The van der Waals surface area contributed by atoms with Crippen LogP contribution in [0.15, 0.2) is 12.2 Å². The molecule has 0 heterocycles. The average molecular weight is 186 g/mol. The van der Waals surface area contributed by atoms with Gasteiger partial charge in [-0.15, -0.1) is 0 Å². The lowest BCUT2D eigenvalue weighted by Gasteiger charge is -2.09. The molecule has 0 rings (SSSR count). The monoisotopic (exact) mass is 186 g/mol. The van der Waals surface area contributed by atoms with E-state index in [1.165, 1.54) is 7.11 Å². The summed E-state index contributed by atoms with van der Waals surface area (Å²) in [5, 5.41) is 8.64. The minimum atomic E-state index is -0.337. The number of carbonyl (C=O) groups excluding carboxylic acids is 1. The first kappa shape index (κ1) is 12.2. The molecule has 0 spiro atoms. The maximum Gasteiger partial charge on any atom is 0.333 e. The molecule has 0 amide bonds. The van der Waals surface area contributed by atoms with Gasteiger partial charge >= 0.3 is 5.97 Å². The van der Waals surface area contributed by atoms with Gasteiger partial charge in [0.1, 0.15) is 0 Å². The summed E-state index contributed by atoms with van der Waals surface area (Å²) in [6, 6.07) is 0. The van der Waals surface area contributed by atoms with E-state index in [4.69, 9.17) is 5.11 Å². The van der Waals surface area contributed by atoms with Crippen LogP contribution in [0.2, 0.25) is 0 Å². The number of aliphatic hydroxyl groups excluding tert-OH is 1. The van der Waals surface area contributed by atoms with Crippen molar-refractivity contribution in [3.8, 4) is 0 Å². The fourth-order valence-corrected chi connectivity index (χ4v) is 1.03. The Bertz CT molecular complexity index is 175. The highest BCUT2D eigenvalue weighted by Crippen LogP contribution is 2.14. The van der Waals surface area contributed by atoms with Crippen LogP contribution in [0.25, 0.3) is 0 Å². The van der Waals surface area contributed by atoms with Gasteiger partial charge in [-0.2, -0.15) is 0 Å². The Kier molecular flexibility index (Phi) is 6.24. The summed E-state index contributed by atoms with van der Waals surface area (Å²) in [7, 11) is 1.35. The molecule has 1 N–H and O–H groups in total. The van der Waals surface area contributed by atoms with Crippen molar-refractivity contribution in [3.63, 3.8) is 0 Å². The van der Waals surface area contributed by atoms with Gasteiger partial charge in [-0.3, -0.25) is 0 Å². The van der Waals surface area contributed by atoms with E-state index < -0.39 is 0 Å². The molecule has 3 heteroatoms. The van der Waals surface area contributed by atoms with Gasteiger partial charge in [0.25, 0.3) is 0 Å². The molecule has 0 aliphatic carbocycles. The lowest BCUT2D eigenvalue weighted by Crippen LogP contribution is -2.06. The molecule has 0 aliphatic heterocycles. The predicted octanol–water partition coefficient (Wildman–Crippen LogP) is 1.51. The number of aliphatic hydroxyl groups is 1. The maximum absolute atomic E-state index is 10.9. The van der Waals surface area contributed by atoms with Crippen molar-refractivity contribution in [1.29, 1.82) is 0 Å². The van der Waals surface area contributed by atoms with Gasteiger partial charge in [0.2, 0.25) is 0 Å². The van der Waals surface area contributed by atoms with E-state index >= 15 is 0 Å². The van der Waals surface area contributed by atoms with Gasteiger partial charge in [-0.25, -0.2) is 4.79 Å². The first-order valence-electron chi connectivity index (χ1n) is 4.48. The smallest absolute Gasteiger partial charge is 0.333 e. The second-order valence-corrected chi connectivity index (χ2v) is 3.25. The van der Waals surface area contributed by atoms with E-state index in [0.717, 1.165) is 12.8 Å². The standard InChI is InChI=1S/C10H18O3/c1-8(6-7-11)4-5-9(2)10(12)13-3/h8,11H,2,4-7H2,1,3H3. The number of hydrogen-bond acceptors (Lipinski definition) is 3. The van der Waals surface area contributed by atoms with Crippen molar-refractivity contribution in [2.45, 2.75) is 26.2 Å². The average Bonchev–Trinajstić information content (AvgIpc) is 2.13. The molecule has 0 aromatic rings. The van der Waals surface area contributed by atoms with Crippen LogP contribution in [0.1, 0.15) is 26.2 Å². The van der Waals surface area contributed by atoms with Crippen molar-refractivity contribution >= 4 is 5.97 Å². The molecule has 1 unspecified atom stereocenters. The summed E-state index contributed by atoms with van der Waals surface area (Å²) < 4.78 is 4.52. The predicted molar refractivity (Wildman–Crippen MR) is 51.3 cm³/mol. The molecule has 0 saturated heterocycles. The number of ether oxygens (including phenoxy) is 1. The summed E-state index contributed by atoms with van der Waals surface area (Å²) in [5.41, 5.74) is 0.507. The van der Waals surface area contributed by atoms with Gasteiger partial charge in [0.05, 0.1) is 7.11 Å². The molecule has 1 atom stereocenters. The van der Waals surface area contributed by atoms with E-state index in [-0.39, 0.29) is 12.6 Å². The zero-order valence-corrected chi connectivity index (χ0v) is 8.38. The molecule has 0 fully saturated rings. The molecule has 13 heavy (non-hydrogen) atoms. The minimum absolute atomic E-state index is 0.200. The van der Waals surface area contributed by atoms with Crippen LogP contribution in [-0.4, -0.2) is 24.8 Å². The van der Waals surface area contributed by atoms with Crippen molar-refractivity contribution in [3.05, 3.63) is 12.2 Å². The Morgan fingerprint density at radius 3 is 2.62 bits per heavy atom. The lowest BCUT2D eigenvalue weighted by atomic mass is 9.99. The highest BCUT2D eigenvalue weighted by molar-refractivity contribution is 5.87. The molecular formula is C10H18O3. The van der Waals surface area contributed by atoms with Gasteiger partial charge in [-0.05, 0) is 25.2 Å². The number of esters is 1. The Labute approximate surface area is 79.4 Å². The van der Waals surface area contributed by atoms with Crippen LogP contribution in [0.3, 0.4) is 0 Å². The number of methoxy groups -OCH3 is 1. The summed E-state index contributed by atoms with van der Waals surface area (Å²) in [6.45, 7) is 5.86. The number of carbonyl (C=O) groups is 1. The van der Waals surface area contributed by atoms with Crippen LogP contribution in [-0.2, 0) is 9.53 Å². The fraction of sp³-hybridized carbons (Fsp3) is 0.700. The summed E-state index contributed by atoms with van der Waals surface area (Å²) >= 11 is 0. The molecule has 0 radical (unpaired) electrons. The van der Waals surface area contributed by atoms with E-state index in [2.05, 4.69) is 11.3 Å². The van der Waals surface area contributed by atoms with Crippen LogP contribution < -0.4 is 0 Å². The third kappa shape index (κ3) is 5.42. The van der Waals surface area contributed by atoms with Crippen molar-refractivity contribution in [2.75, 3.05) is 13.7 Å². The van der Waals surface area contributed by atoms with Crippen LogP contribution >= 0.6 is 0 Å². The number of rotatable bonds is 6. The van der Waals surface area contributed by atoms with Crippen molar-refractivity contribution in [2.24, 2.45) is 5.92 Å². The van der Waals surface area contributed by atoms with Gasteiger partial charge in [-0.1, -0.05) is 13.5 Å². The van der Waals surface area contributed by atoms with E-state index in [9.17, 15) is 4.79 Å². The molecule has 0 aliphatic rings. The molecule has 76 valence electrons. The minimum Gasteiger partial charge on any atom is -0.466 e. The highest BCUT2D eigenvalue weighted by Gasteiger charge is 2.08. The third-order valence-electron chi connectivity index (χ3n) is 2.03. The third-order valence-corrected chi connectivity index (χ3v) is 2.03. The Morgan fingerprint density at radius 1 is 1.54 bits per heavy atom. The zero-order chi connectivity index (χ0) is 10.3. The van der Waals surface area contributed by atoms with Crippen LogP contribution in [0.4, 0.5) is 0 Å². The largest absolute Gasteiger partial charge is 0.466 e. The van der Waals surface area contributed by atoms with Crippen molar-refractivity contribution < 1.29 is 14.6 Å². The first-order valence-corrected chi connectivity index (χ1v) is 4.48. The molecule has 0 bridgehead atoms. The molecular weight excluding hydrogens is 168 g/mol. The van der Waals surface area contributed by atoms with E-state index in [1.54, 1.807) is 0 Å². The van der Waals surface area contributed by atoms with E-state index in [0.29, 0.717) is 17.9 Å². The number of hydrogen-bond donors (Lipinski definition) is 1. The zero-order valence-electron chi connectivity index (χ0n) is 8.38. The summed E-state index contributed by atoms with van der Waals surface area (Å²) in [5.74, 6) is 0.0857. The fourth-order valence-electron chi connectivity index (χ4n) is 1.03. The van der Waals surface area contributed by atoms with Gasteiger partial charge < -0.3 is 9.84 Å². The topological polar surface area (TPSA) is 46.5 Å². The Hall–Kier alpha value is -0.830. The van der Waals surface area contributed by atoms with Crippen LogP contribution in [0, 0.1) is 5.92 Å². The molecule has 3 nitrogen and oxygen atoms in total. The lowest BCUT2D eigenvalue weighted by molar-refractivity contribution is -0.136. The first-order chi connectivity index (χ1) is 6.11. The van der Waals surface area contributed by atoms with E-state index in [1.807, 2.05) is 6.92 Å². The summed E-state index contributed by atoms with van der Waals surface area (Å²) in [6.07, 6.45) is 2.29. The van der Waals surface area contributed by atoms with Crippen LogP contribution in [0.5, 0.6) is 0 Å². The second kappa shape index (κ2) is 6.66. The molecule has 0 saturated carbocycles. The Morgan fingerprint density at radius 2 is 2.15 bits per heavy atom. The van der Waals surface area contributed by atoms with Gasteiger partial charge in [0.15, 0.2) is 0 Å². The Balaban J connectivity index is 3.63. The van der Waals surface area contributed by atoms with Gasteiger partial charge in [0, 0.05) is 12.2 Å². The quantitative estimate of drug-likeness (QED) is 0.505. The molecule has 0 aromatic carbocycles. The highest BCUT2D eigenvalue weighted by atomic mass is 16.5. The summed E-state index contributed by atoms with van der Waals surface area (Å²) in [4.78, 5) is 10.9. The molecule has 0 aromatic heterocycles. The van der Waals surface area contributed by atoms with Crippen molar-refractivity contribution in [1.82, 2.24) is 0 Å². The maximum atomic E-state index is 10.9. The normalized spacial score (nSPS) is 12.2.